The Balaban J connectivity index is 1.70. The summed E-state index contributed by atoms with van der Waals surface area (Å²) in [6, 6.07) is 18.3. The lowest BCUT2D eigenvalue weighted by atomic mass is 10.1. The molecule has 0 saturated carbocycles. The molecule has 0 bridgehead atoms. The zero-order valence-corrected chi connectivity index (χ0v) is 19.3. The Morgan fingerprint density at radius 3 is 2.36 bits per heavy atom. The van der Waals surface area contributed by atoms with Crippen LogP contribution in [0.3, 0.4) is 0 Å². The smallest absolute Gasteiger partial charge is 0.408 e. The molecule has 3 N–H and O–H groups in total. The zero-order valence-electron chi connectivity index (χ0n) is 18.5. The molecular weight excluding hydrogens is 442 g/mol. The van der Waals surface area contributed by atoms with Gasteiger partial charge in [-0.1, -0.05) is 61.5 Å². The van der Waals surface area contributed by atoms with Gasteiger partial charge in [-0.15, -0.1) is 0 Å². The third kappa shape index (κ3) is 6.30. The van der Waals surface area contributed by atoms with Crippen molar-refractivity contribution < 1.29 is 22.7 Å². The predicted octanol–water partition coefficient (Wildman–Crippen LogP) is 3.78. The number of hydrogen-bond donors (Lipinski definition) is 3. The van der Waals surface area contributed by atoms with E-state index >= 15 is 0 Å². The summed E-state index contributed by atoms with van der Waals surface area (Å²) >= 11 is 0. The van der Waals surface area contributed by atoms with Crippen molar-refractivity contribution in [2.75, 3.05) is 11.9 Å². The summed E-state index contributed by atoms with van der Waals surface area (Å²) in [7, 11) is -3.69. The summed E-state index contributed by atoms with van der Waals surface area (Å²) in [5.41, 5.74) is 1.27. The Morgan fingerprint density at radius 1 is 0.939 bits per heavy atom. The van der Waals surface area contributed by atoms with E-state index in [9.17, 15) is 18.0 Å². The highest BCUT2D eigenvalue weighted by molar-refractivity contribution is 7.89. The van der Waals surface area contributed by atoms with Crippen LogP contribution in [0.2, 0.25) is 0 Å². The Bertz CT molecular complexity index is 1230. The fourth-order valence-electron chi connectivity index (χ4n) is 3.19. The lowest BCUT2D eigenvalue weighted by Gasteiger charge is -2.16. The maximum atomic E-state index is 12.7. The molecule has 3 aromatic rings. The van der Waals surface area contributed by atoms with Crippen molar-refractivity contribution in [3.8, 4) is 0 Å². The molecule has 0 aliphatic heterocycles. The number of ether oxygens (including phenoxy) is 1. The molecule has 33 heavy (non-hydrogen) atoms. The molecule has 2 amide bonds. The molecule has 9 heteroatoms. The van der Waals surface area contributed by atoms with Crippen LogP contribution in [0.4, 0.5) is 10.5 Å². The second-order valence-electron chi connectivity index (χ2n) is 7.47. The first-order chi connectivity index (χ1) is 15.8. The second kappa shape index (κ2) is 10.9. The number of fused-ring (bicyclic) bond motifs is 1. The van der Waals surface area contributed by atoms with E-state index in [2.05, 4.69) is 15.4 Å². The number of carbonyl (C=O) groups is 2. The van der Waals surface area contributed by atoms with E-state index in [-0.39, 0.29) is 11.5 Å². The van der Waals surface area contributed by atoms with Gasteiger partial charge in [0, 0.05) is 23.0 Å². The van der Waals surface area contributed by atoms with Crippen LogP contribution in [0, 0.1) is 0 Å². The summed E-state index contributed by atoms with van der Waals surface area (Å²) in [5.74, 6) is -0.462. The summed E-state index contributed by atoms with van der Waals surface area (Å²) in [6.07, 6.45) is -0.0425. The van der Waals surface area contributed by atoms with E-state index in [1.165, 1.54) is 13.0 Å². The molecule has 0 radical (unpaired) electrons. The summed E-state index contributed by atoms with van der Waals surface area (Å²) in [5, 5.41) is 6.32. The lowest BCUT2D eigenvalue weighted by Crippen LogP contribution is -2.41. The maximum absolute atomic E-state index is 12.7. The van der Waals surface area contributed by atoms with Crippen LogP contribution in [-0.2, 0) is 26.2 Å². The van der Waals surface area contributed by atoms with Crippen LogP contribution in [0.15, 0.2) is 71.6 Å². The first-order valence-corrected chi connectivity index (χ1v) is 12.1. The predicted molar refractivity (Wildman–Crippen MR) is 127 cm³/mol. The number of sulfonamides is 1. The summed E-state index contributed by atoms with van der Waals surface area (Å²) < 4.78 is 33.1. The third-order valence-corrected chi connectivity index (χ3v) is 6.43. The van der Waals surface area contributed by atoms with E-state index < -0.39 is 28.1 Å². The Labute approximate surface area is 193 Å². The minimum Gasteiger partial charge on any atom is -0.445 e. The number of amides is 2. The standard InChI is InChI=1S/C24H27N3O5S/c1-3-15-25-33(30,31)22-14-8-11-19-20(22)12-7-13-21(19)27-23(28)17(2)26-24(29)32-16-18-9-5-4-6-10-18/h4-14,17,25H,3,15-16H2,1-2H3,(H,26,29)(H,27,28). The number of benzene rings is 3. The molecule has 0 aromatic heterocycles. The van der Waals surface area contributed by atoms with Gasteiger partial charge < -0.3 is 15.4 Å². The fourth-order valence-corrected chi connectivity index (χ4v) is 4.54. The quantitative estimate of drug-likeness (QED) is 0.441. The van der Waals surface area contributed by atoms with Crippen molar-refractivity contribution in [2.45, 2.75) is 37.8 Å². The van der Waals surface area contributed by atoms with Gasteiger partial charge in [0.25, 0.3) is 0 Å². The van der Waals surface area contributed by atoms with Crippen molar-refractivity contribution in [1.82, 2.24) is 10.0 Å². The minimum atomic E-state index is -3.69. The molecule has 0 aliphatic rings. The SMILES string of the molecule is CCCNS(=O)(=O)c1cccc2c(NC(=O)C(C)NC(=O)OCc3ccccc3)cccc12. The number of carbonyl (C=O) groups excluding carboxylic acids is 2. The molecule has 1 atom stereocenters. The monoisotopic (exact) mass is 469 g/mol. The first-order valence-electron chi connectivity index (χ1n) is 10.6. The van der Waals surface area contributed by atoms with Crippen molar-refractivity contribution in [2.24, 2.45) is 0 Å². The van der Waals surface area contributed by atoms with Gasteiger partial charge in [0.2, 0.25) is 15.9 Å². The van der Waals surface area contributed by atoms with Gasteiger partial charge in [-0.3, -0.25) is 4.79 Å². The molecule has 3 rings (SSSR count). The van der Waals surface area contributed by atoms with Crippen LogP contribution in [0.25, 0.3) is 10.8 Å². The summed E-state index contributed by atoms with van der Waals surface area (Å²) in [6.45, 7) is 3.84. The van der Waals surface area contributed by atoms with E-state index in [4.69, 9.17) is 4.74 Å². The van der Waals surface area contributed by atoms with Crippen molar-refractivity contribution in [3.05, 3.63) is 72.3 Å². The highest BCUT2D eigenvalue weighted by Gasteiger charge is 2.20. The van der Waals surface area contributed by atoms with Crippen molar-refractivity contribution >= 4 is 38.5 Å². The molecule has 1 unspecified atom stereocenters. The van der Waals surface area contributed by atoms with E-state index in [0.717, 1.165) is 5.56 Å². The molecule has 3 aromatic carbocycles. The van der Waals surface area contributed by atoms with Crippen molar-refractivity contribution in [1.29, 1.82) is 0 Å². The highest BCUT2D eigenvalue weighted by Crippen LogP contribution is 2.29. The third-order valence-electron chi connectivity index (χ3n) is 4.91. The number of hydrogen-bond acceptors (Lipinski definition) is 5. The number of anilines is 1. The van der Waals surface area contributed by atoms with Gasteiger partial charge >= 0.3 is 6.09 Å². The molecular formula is C24H27N3O5S. The molecule has 0 spiro atoms. The van der Waals surface area contributed by atoms with Gasteiger partial charge in [-0.2, -0.15) is 0 Å². The van der Waals surface area contributed by atoms with Crippen LogP contribution in [0.5, 0.6) is 0 Å². The van der Waals surface area contributed by atoms with Crippen LogP contribution >= 0.6 is 0 Å². The van der Waals surface area contributed by atoms with Gasteiger partial charge in [-0.05, 0) is 31.0 Å². The average molecular weight is 470 g/mol. The van der Waals surface area contributed by atoms with E-state index in [0.29, 0.717) is 29.4 Å². The maximum Gasteiger partial charge on any atom is 0.408 e. The van der Waals surface area contributed by atoms with Crippen molar-refractivity contribution in [3.63, 3.8) is 0 Å². The van der Waals surface area contributed by atoms with E-state index in [1.807, 2.05) is 37.3 Å². The summed E-state index contributed by atoms with van der Waals surface area (Å²) in [4.78, 5) is 24.9. The van der Waals surface area contributed by atoms with Gasteiger partial charge in [-0.25, -0.2) is 17.9 Å². The molecule has 0 saturated heterocycles. The second-order valence-corrected chi connectivity index (χ2v) is 9.21. The number of rotatable bonds is 9. The molecule has 0 heterocycles. The molecule has 174 valence electrons. The number of nitrogens with one attached hydrogen (secondary N) is 3. The van der Waals surface area contributed by atoms with Crippen LogP contribution in [-0.4, -0.2) is 33.0 Å². The highest BCUT2D eigenvalue weighted by atomic mass is 32.2. The average Bonchev–Trinajstić information content (AvgIpc) is 2.82. The topological polar surface area (TPSA) is 114 Å². The number of alkyl carbamates (subject to hydrolysis) is 1. The molecule has 0 fully saturated rings. The van der Waals surface area contributed by atoms with Gasteiger partial charge in [0.05, 0.1) is 4.90 Å². The zero-order chi connectivity index (χ0) is 23.8. The van der Waals surface area contributed by atoms with Gasteiger partial charge in [0.15, 0.2) is 0 Å². The Kier molecular flexibility index (Phi) is 8.02. The normalized spacial score (nSPS) is 12.2. The lowest BCUT2D eigenvalue weighted by molar-refractivity contribution is -0.117. The minimum absolute atomic E-state index is 0.0909. The van der Waals surface area contributed by atoms with Crippen LogP contribution in [0.1, 0.15) is 25.8 Å². The van der Waals surface area contributed by atoms with Gasteiger partial charge in [0.1, 0.15) is 12.6 Å². The fraction of sp³-hybridized carbons (Fsp3) is 0.250. The Morgan fingerprint density at radius 2 is 1.64 bits per heavy atom. The molecule has 8 nitrogen and oxygen atoms in total. The largest absolute Gasteiger partial charge is 0.445 e. The van der Waals surface area contributed by atoms with Crippen LogP contribution < -0.4 is 15.4 Å². The molecule has 0 aliphatic carbocycles. The first kappa shape index (κ1) is 24.2. The van der Waals surface area contributed by atoms with E-state index in [1.54, 1.807) is 30.3 Å². The Hall–Kier alpha value is -3.43.